The fourth-order valence-corrected chi connectivity index (χ4v) is 3.72. The molecule has 0 saturated heterocycles. The molecule has 25 heavy (non-hydrogen) atoms. The van der Waals surface area contributed by atoms with Gasteiger partial charge in [-0.15, -0.1) is 0 Å². The minimum atomic E-state index is -1.09. The minimum Gasteiger partial charge on any atom is -0.286 e. The average Bonchev–Trinajstić information content (AvgIpc) is 3.05. The van der Waals surface area contributed by atoms with Gasteiger partial charge in [-0.05, 0) is 30.3 Å². The van der Waals surface area contributed by atoms with E-state index in [1.54, 1.807) is 6.07 Å². The van der Waals surface area contributed by atoms with Gasteiger partial charge in [-0.25, -0.2) is 13.2 Å². The number of rotatable bonds is 3. The zero-order valence-electron chi connectivity index (χ0n) is 12.8. The van der Waals surface area contributed by atoms with Gasteiger partial charge in [0.05, 0.1) is 6.54 Å². The summed E-state index contributed by atoms with van der Waals surface area (Å²) in [4.78, 5) is 18.1. The van der Waals surface area contributed by atoms with Gasteiger partial charge in [-0.2, -0.15) is 0 Å². The van der Waals surface area contributed by atoms with Crippen molar-refractivity contribution in [3.63, 3.8) is 0 Å². The first-order chi connectivity index (χ1) is 12.0. The molecule has 0 bridgehead atoms. The van der Waals surface area contributed by atoms with Gasteiger partial charge in [0.2, 0.25) is 0 Å². The van der Waals surface area contributed by atoms with Crippen molar-refractivity contribution < 1.29 is 18.0 Å². The Morgan fingerprint density at radius 3 is 2.68 bits per heavy atom. The van der Waals surface area contributed by atoms with E-state index >= 15 is 0 Å². The summed E-state index contributed by atoms with van der Waals surface area (Å²) in [6, 6.07) is 7.38. The zero-order valence-corrected chi connectivity index (χ0v) is 14.4. The summed E-state index contributed by atoms with van der Waals surface area (Å²) in [5.41, 5.74) is 0.349. The van der Waals surface area contributed by atoms with Crippen LogP contribution in [0.5, 0.6) is 0 Å². The van der Waals surface area contributed by atoms with Gasteiger partial charge in [0, 0.05) is 28.4 Å². The molecule has 3 rings (SSSR count). The molecule has 1 amide bonds. The molecule has 0 radical (unpaired) electrons. The van der Waals surface area contributed by atoms with Crippen LogP contribution in [0.25, 0.3) is 0 Å². The number of thioether (sulfide) groups is 1. The standard InChI is InChI=1S/C17H12ClF3N2OS/c18-12-2-1-3-13(19)11(12)9-25-17-22-6-7-23(17)16(24)10-4-5-14(20)15(21)8-10/h1-5,8H,6-7,9H2. The van der Waals surface area contributed by atoms with Gasteiger partial charge in [0.1, 0.15) is 5.82 Å². The summed E-state index contributed by atoms with van der Waals surface area (Å²) >= 11 is 7.16. The number of nitrogens with zero attached hydrogens (tertiary/aromatic N) is 2. The number of amides is 1. The van der Waals surface area contributed by atoms with Crippen LogP contribution in [0, 0.1) is 17.5 Å². The zero-order chi connectivity index (χ0) is 18.0. The highest BCUT2D eigenvalue weighted by Crippen LogP contribution is 2.27. The van der Waals surface area contributed by atoms with Crippen LogP contribution in [0.1, 0.15) is 15.9 Å². The van der Waals surface area contributed by atoms with Crippen molar-refractivity contribution in [2.45, 2.75) is 5.75 Å². The molecule has 0 unspecified atom stereocenters. The monoisotopic (exact) mass is 384 g/mol. The number of halogens is 4. The third-order valence-corrected chi connectivity index (χ3v) is 5.02. The van der Waals surface area contributed by atoms with Crippen LogP contribution >= 0.6 is 23.4 Å². The lowest BCUT2D eigenvalue weighted by atomic mass is 10.2. The molecular weight excluding hydrogens is 373 g/mol. The fraction of sp³-hybridized carbons (Fsp3) is 0.176. The Morgan fingerprint density at radius 1 is 1.16 bits per heavy atom. The molecule has 130 valence electrons. The first-order valence-corrected chi connectivity index (χ1v) is 8.71. The van der Waals surface area contributed by atoms with Crippen molar-refractivity contribution in [3.05, 3.63) is 70.0 Å². The van der Waals surface area contributed by atoms with Crippen LogP contribution in [0.2, 0.25) is 5.02 Å². The summed E-state index contributed by atoms with van der Waals surface area (Å²) in [5.74, 6) is -2.82. The number of amidine groups is 1. The van der Waals surface area contributed by atoms with E-state index in [0.29, 0.717) is 28.8 Å². The quantitative estimate of drug-likeness (QED) is 0.780. The van der Waals surface area contributed by atoms with E-state index in [9.17, 15) is 18.0 Å². The maximum absolute atomic E-state index is 13.8. The molecular formula is C17H12ClF3N2OS. The second-order valence-electron chi connectivity index (χ2n) is 5.24. The van der Waals surface area contributed by atoms with Crippen molar-refractivity contribution in [1.29, 1.82) is 0 Å². The Labute approximate surface area is 151 Å². The highest BCUT2D eigenvalue weighted by Gasteiger charge is 2.26. The Bertz CT molecular complexity index is 840. The van der Waals surface area contributed by atoms with E-state index in [0.717, 1.165) is 12.1 Å². The summed E-state index contributed by atoms with van der Waals surface area (Å²) in [6.07, 6.45) is 0. The van der Waals surface area contributed by atoms with Crippen LogP contribution in [-0.4, -0.2) is 29.1 Å². The number of aliphatic imine (C=N–C) groups is 1. The van der Waals surface area contributed by atoms with Crippen molar-refractivity contribution >= 4 is 34.4 Å². The van der Waals surface area contributed by atoms with E-state index in [-0.39, 0.29) is 11.3 Å². The highest BCUT2D eigenvalue weighted by atomic mass is 35.5. The largest absolute Gasteiger partial charge is 0.286 e. The second kappa shape index (κ2) is 7.49. The molecule has 0 fully saturated rings. The Kier molecular flexibility index (Phi) is 5.34. The Balaban J connectivity index is 1.74. The van der Waals surface area contributed by atoms with Gasteiger partial charge in [0.15, 0.2) is 16.8 Å². The van der Waals surface area contributed by atoms with Crippen molar-refractivity contribution in [2.75, 3.05) is 13.1 Å². The molecule has 0 aliphatic carbocycles. The van der Waals surface area contributed by atoms with Crippen molar-refractivity contribution in [1.82, 2.24) is 4.90 Å². The first kappa shape index (κ1) is 17.8. The molecule has 0 N–H and O–H groups in total. The molecule has 2 aromatic carbocycles. The van der Waals surface area contributed by atoms with Crippen molar-refractivity contribution in [2.24, 2.45) is 4.99 Å². The minimum absolute atomic E-state index is 0.0259. The van der Waals surface area contributed by atoms with Crippen LogP contribution in [0.4, 0.5) is 13.2 Å². The van der Waals surface area contributed by atoms with Gasteiger partial charge in [-0.1, -0.05) is 29.4 Å². The molecule has 0 atom stereocenters. The lowest BCUT2D eigenvalue weighted by Crippen LogP contribution is -2.33. The van der Waals surface area contributed by atoms with Gasteiger partial charge >= 0.3 is 0 Å². The van der Waals surface area contributed by atoms with E-state index in [2.05, 4.69) is 4.99 Å². The molecule has 0 saturated carbocycles. The van der Waals surface area contributed by atoms with Crippen LogP contribution in [0.15, 0.2) is 41.4 Å². The number of hydrogen-bond donors (Lipinski definition) is 0. The highest BCUT2D eigenvalue weighted by molar-refractivity contribution is 8.13. The third-order valence-electron chi connectivity index (χ3n) is 3.62. The number of carbonyl (C=O) groups excluding carboxylic acids is 1. The maximum Gasteiger partial charge on any atom is 0.259 e. The molecule has 2 aromatic rings. The number of benzene rings is 2. The normalized spacial score (nSPS) is 13.9. The number of hydrogen-bond acceptors (Lipinski definition) is 3. The smallest absolute Gasteiger partial charge is 0.259 e. The maximum atomic E-state index is 13.8. The number of carbonyl (C=O) groups is 1. The van der Waals surface area contributed by atoms with Crippen LogP contribution in [-0.2, 0) is 5.75 Å². The topological polar surface area (TPSA) is 32.7 Å². The molecule has 1 heterocycles. The van der Waals surface area contributed by atoms with E-state index in [1.807, 2.05) is 0 Å². The summed E-state index contributed by atoms with van der Waals surface area (Å²) in [7, 11) is 0. The Morgan fingerprint density at radius 2 is 1.96 bits per heavy atom. The van der Waals surface area contributed by atoms with E-state index in [4.69, 9.17) is 11.6 Å². The lowest BCUT2D eigenvalue weighted by molar-refractivity contribution is 0.0860. The first-order valence-electron chi connectivity index (χ1n) is 7.34. The molecule has 3 nitrogen and oxygen atoms in total. The second-order valence-corrected chi connectivity index (χ2v) is 6.59. The van der Waals surface area contributed by atoms with Gasteiger partial charge in [0.25, 0.3) is 5.91 Å². The SMILES string of the molecule is O=C(c1ccc(F)c(F)c1)N1CCN=C1SCc1c(F)cccc1Cl. The van der Waals surface area contributed by atoms with Crippen molar-refractivity contribution in [3.8, 4) is 0 Å². The van der Waals surface area contributed by atoms with Gasteiger partial charge < -0.3 is 0 Å². The summed E-state index contributed by atoms with van der Waals surface area (Å²) in [5, 5.41) is 0.693. The summed E-state index contributed by atoms with van der Waals surface area (Å²) in [6.45, 7) is 0.716. The molecule has 8 heteroatoms. The average molecular weight is 385 g/mol. The van der Waals surface area contributed by atoms with E-state index in [1.165, 1.54) is 34.9 Å². The predicted molar refractivity (Wildman–Crippen MR) is 92.4 cm³/mol. The molecule has 0 aromatic heterocycles. The fourth-order valence-electron chi connectivity index (χ4n) is 2.33. The summed E-state index contributed by atoms with van der Waals surface area (Å²) < 4.78 is 40.2. The molecule has 0 spiro atoms. The predicted octanol–water partition coefficient (Wildman–Crippen LogP) is 4.50. The lowest BCUT2D eigenvalue weighted by Gasteiger charge is -2.18. The molecule has 1 aliphatic rings. The van der Waals surface area contributed by atoms with Crippen LogP contribution in [0.3, 0.4) is 0 Å². The molecule has 1 aliphatic heterocycles. The van der Waals surface area contributed by atoms with Crippen LogP contribution < -0.4 is 0 Å². The third kappa shape index (κ3) is 3.82. The van der Waals surface area contributed by atoms with Gasteiger partial charge in [-0.3, -0.25) is 14.7 Å². The van der Waals surface area contributed by atoms with E-state index < -0.39 is 23.4 Å². The Hall–Kier alpha value is -1.99.